The summed E-state index contributed by atoms with van der Waals surface area (Å²) in [5.74, 6) is 1.50. The third kappa shape index (κ3) is 7.48. The summed E-state index contributed by atoms with van der Waals surface area (Å²) in [6.07, 6.45) is 3.39. The Morgan fingerprint density at radius 2 is 1.60 bits per heavy atom. The van der Waals surface area contributed by atoms with Gasteiger partial charge in [-0.3, -0.25) is 4.79 Å². The molecule has 231 valence electrons. The van der Waals surface area contributed by atoms with Gasteiger partial charge in [-0.05, 0) is 60.6 Å². The molecule has 0 aliphatic rings. The molecule has 0 aliphatic heterocycles. The number of carbonyl (C=O) groups is 1. The summed E-state index contributed by atoms with van der Waals surface area (Å²) >= 11 is 6.57. The number of halogens is 1. The van der Waals surface area contributed by atoms with Gasteiger partial charge in [0.25, 0.3) is 0 Å². The second-order valence-electron chi connectivity index (χ2n) is 11.1. The van der Waals surface area contributed by atoms with Crippen LogP contribution in [0.4, 0.5) is 0 Å². The summed E-state index contributed by atoms with van der Waals surface area (Å²) in [7, 11) is 3.12. The van der Waals surface area contributed by atoms with Crippen LogP contribution in [0.3, 0.4) is 0 Å². The maximum absolute atomic E-state index is 13.0. The number of hydrogen-bond acceptors (Lipinski definition) is 6. The van der Waals surface area contributed by atoms with Crippen molar-refractivity contribution >= 4 is 17.5 Å². The predicted molar refractivity (Wildman–Crippen MR) is 173 cm³/mol. The number of aromatic nitrogens is 2. The summed E-state index contributed by atoms with van der Waals surface area (Å²) in [4.78, 5) is 17.7. The van der Waals surface area contributed by atoms with Gasteiger partial charge in [-0.1, -0.05) is 67.9 Å². The molecule has 1 amide bonds. The molecule has 8 nitrogen and oxygen atoms in total. The van der Waals surface area contributed by atoms with Crippen LogP contribution in [-0.4, -0.2) is 29.7 Å². The first-order valence-electron chi connectivity index (χ1n) is 14.9. The molecule has 3 unspecified atom stereocenters. The van der Waals surface area contributed by atoms with Crippen molar-refractivity contribution in [1.82, 2.24) is 14.9 Å². The minimum atomic E-state index is -0.262. The van der Waals surface area contributed by atoms with Crippen LogP contribution in [0.1, 0.15) is 84.9 Å². The van der Waals surface area contributed by atoms with E-state index >= 15 is 0 Å². The molecule has 0 aliphatic carbocycles. The van der Waals surface area contributed by atoms with Gasteiger partial charge >= 0.3 is 0 Å². The van der Waals surface area contributed by atoms with Crippen molar-refractivity contribution in [2.75, 3.05) is 14.2 Å². The minimum absolute atomic E-state index is 0.0976. The largest absolute Gasteiger partial charge is 0.493 e. The first-order chi connectivity index (χ1) is 21.7. The van der Waals surface area contributed by atoms with Gasteiger partial charge < -0.3 is 14.0 Å². The van der Waals surface area contributed by atoms with E-state index in [0.29, 0.717) is 52.7 Å². The Kier molecular flexibility index (Phi) is 11.2. The van der Waals surface area contributed by atoms with E-state index in [1.165, 1.54) is 0 Å². The first-order valence-corrected chi connectivity index (χ1v) is 15.2. The normalized spacial score (nSPS) is 12.8. The molecule has 0 N–H and O–H groups in total. The van der Waals surface area contributed by atoms with Crippen molar-refractivity contribution in [1.29, 1.82) is 10.5 Å². The minimum Gasteiger partial charge on any atom is -0.493 e. The van der Waals surface area contributed by atoms with Crippen molar-refractivity contribution in [3.8, 4) is 23.6 Å². The molecule has 3 atom stereocenters. The smallest absolute Gasteiger partial charge is 0.241 e. The summed E-state index contributed by atoms with van der Waals surface area (Å²) in [5, 5.41) is 24.5. The highest BCUT2D eigenvalue weighted by atomic mass is 35.5. The van der Waals surface area contributed by atoms with E-state index in [1.54, 1.807) is 32.5 Å². The molecule has 1 heterocycles. The maximum Gasteiger partial charge on any atom is 0.241 e. The van der Waals surface area contributed by atoms with Crippen LogP contribution >= 0.6 is 11.6 Å². The number of ether oxygens (including phenoxy) is 2. The molecule has 0 spiro atoms. The van der Waals surface area contributed by atoms with Gasteiger partial charge in [-0.25, -0.2) is 10.3 Å². The van der Waals surface area contributed by atoms with Gasteiger partial charge in [0, 0.05) is 24.2 Å². The van der Waals surface area contributed by atoms with Crippen LogP contribution in [0.25, 0.3) is 0 Å². The van der Waals surface area contributed by atoms with Gasteiger partial charge in [-0.2, -0.15) is 10.5 Å². The van der Waals surface area contributed by atoms with Crippen LogP contribution < -0.4 is 14.8 Å². The van der Waals surface area contributed by atoms with Crippen molar-refractivity contribution in [3.63, 3.8) is 0 Å². The Labute approximate surface area is 270 Å². The zero-order chi connectivity index (χ0) is 32.5. The Morgan fingerprint density at radius 1 is 0.956 bits per heavy atom. The molecule has 45 heavy (non-hydrogen) atoms. The summed E-state index contributed by atoms with van der Waals surface area (Å²) < 4.78 is 12.8. The number of methoxy groups -OCH3 is 2. The third-order valence-electron chi connectivity index (χ3n) is 8.19. The molecular weight excluding hydrogens is 586 g/mol. The number of nitriles is 2. The van der Waals surface area contributed by atoms with E-state index in [2.05, 4.69) is 24.4 Å². The highest BCUT2D eigenvalue weighted by Crippen LogP contribution is 2.38. The van der Waals surface area contributed by atoms with Crippen molar-refractivity contribution < 1.29 is 14.3 Å². The van der Waals surface area contributed by atoms with Gasteiger partial charge in [0.1, 0.15) is 12.4 Å². The predicted octanol–water partition coefficient (Wildman–Crippen LogP) is 7.35. The number of hydrogen-bond donors (Lipinski definition) is 0. The molecule has 0 bridgehead atoms. The van der Waals surface area contributed by atoms with E-state index in [4.69, 9.17) is 26.1 Å². The van der Waals surface area contributed by atoms with Gasteiger partial charge in [-0.15, -0.1) is 0 Å². The molecule has 0 saturated heterocycles. The molecule has 1 aromatic heterocycles. The topological polar surface area (TPSA) is 115 Å². The molecule has 9 heteroatoms. The summed E-state index contributed by atoms with van der Waals surface area (Å²) in [6, 6.07) is 23.0. The molecule has 1 radical (unpaired) electrons. The van der Waals surface area contributed by atoms with E-state index in [1.807, 2.05) is 66.9 Å². The fourth-order valence-corrected chi connectivity index (χ4v) is 6.02. The number of imidazole rings is 1. The third-order valence-corrected chi connectivity index (χ3v) is 8.61. The van der Waals surface area contributed by atoms with Gasteiger partial charge in [0.05, 0.1) is 48.5 Å². The molecule has 3 aromatic carbocycles. The van der Waals surface area contributed by atoms with Crippen LogP contribution in [0.5, 0.6) is 11.5 Å². The second-order valence-corrected chi connectivity index (χ2v) is 11.5. The highest BCUT2D eigenvalue weighted by molar-refractivity contribution is 6.33. The van der Waals surface area contributed by atoms with Crippen molar-refractivity contribution in [2.45, 2.75) is 58.5 Å². The van der Waals surface area contributed by atoms with E-state index in [-0.39, 0.29) is 30.3 Å². The van der Waals surface area contributed by atoms with Crippen LogP contribution in [0.2, 0.25) is 5.02 Å². The Morgan fingerprint density at radius 3 is 2.24 bits per heavy atom. The molecule has 4 aromatic rings. The average molecular weight is 623 g/mol. The molecule has 0 fully saturated rings. The van der Waals surface area contributed by atoms with E-state index in [0.717, 1.165) is 22.4 Å². The zero-order valence-electron chi connectivity index (χ0n) is 26.3. The second kappa shape index (κ2) is 15.3. The lowest BCUT2D eigenvalue weighted by atomic mass is 9.93. The fraction of sp³-hybridized carbons (Fsp3) is 0.333. The SMILES string of the molecule is COc1ccc(CC(C)CCC(=O)[N]Cc2ncc(C(C)c3ccccc3C#N)n2C(C)c2ccccc2C#N)c(Cl)c1OC. The lowest BCUT2D eigenvalue weighted by Gasteiger charge is -2.24. The molecular formula is C36H37ClN5O3. The number of benzene rings is 3. The quantitative estimate of drug-likeness (QED) is 0.154. The monoisotopic (exact) mass is 622 g/mol. The van der Waals surface area contributed by atoms with Crippen LogP contribution in [0.15, 0.2) is 66.9 Å². The van der Waals surface area contributed by atoms with Crippen molar-refractivity contribution in [3.05, 3.63) is 111 Å². The summed E-state index contributed by atoms with van der Waals surface area (Å²) in [6.45, 7) is 6.22. The zero-order valence-corrected chi connectivity index (χ0v) is 27.0. The Bertz CT molecular complexity index is 1740. The van der Waals surface area contributed by atoms with Crippen molar-refractivity contribution in [2.24, 2.45) is 5.92 Å². The Hall–Kier alpha value is -4.79. The van der Waals surface area contributed by atoms with Crippen LogP contribution in [0, 0.1) is 28.6 Å². The Balaban J connectivity index is 1.51. The fourth-order valence-electron chi connectivity index (χ4n) is 5.71. The molecule has 0 saturated carbocycles. The van der Waals surface area contributed by atoms with Crippen LogP contribution in [-0.2, 0) is 17.8 Å². The average Bonchev–Trinajstić information content (AvgIpc) is 3.50. The number of nitrogens with zero attached hydrogens (tertiary/aromatic N) is 5. The van der Waals surface area contributed by atoms with E-state index in [9.17, 15) is 15.3 Å². The number of carbonyl (C=O) groups excluding carboxylic acids is 1. The molecule has 4 rings (SSSR count). The first kappa shape index (κ1) is 33.1. The van der Waals surface area contributed by atoms with Gasteiger partial charge in [0.2, 0.25) is 5.91 Å². The number of amides is 1. The van der Waals surface area contributed by atoms with E-state index < -0.39 is 0 Å². The summed E-state index contributed by atoms with van der Waals surface area (Å²) in [5.41, 5.74) is 4.68. The maximum atomic E-state index is 13.0. The lowest BCUT2D eigenvalue weighted by Crippen LogP contribution is -2.22. The van der Waals surface area contributed by atoms with Gasteiger partial charge in [0.15, 0.2) is 11.5 Å². The number of rotatable bonds is 13. The highest BCUT2D eigenvalue weighted by Gasteiger charge is 2.25. The lowest BCUT2D eigenvalue weighted by molar-refractivity contribution is -0.121. The standard InChI is InChI=1S/C36H37ClN5O3/c1-23(18-26-15-16-32(44-4)36(45-5)35(26)37)14-17-34(43)41-22-33-40-21-31(24(2)29-12-8-6-10-27(29)19-38)42(33)25(3)30-13-9-7-11-28(30)20-39/h6-13,15-16,21,23-25H,14,17-18,22H2,1-5H3.